The first kappa shape index (κ1) is 18.7. The Morgan fingerprint density at radius 1 is 0.929 bits per heavy atom. The van der Waals surface area contributed by atoms with Crippen LogP contribution in [0, 0.1) is 13.8 Å². The first-order valence-electron chi connectivity index (χ1n) is 9.22. The number of benzene rings is 3. The lowest BCUT2D eigenvalue weighted by Gasteiger charge is -2.18. The third-order valence-corrected chi connectivity index (χ3v) is 6.80. The number of rotatable bonds is 4. The lowest BCUT2D eigenvalue weighted by Crippen LogP contribution is -2.37. The zero-order chi connectivity index (χ0) is 19.9. The van der Waals surface area contributed by atoms with Crippen LogP contribution in [0.15, 0.2) is 65.6 Å². The van der Waals surface area contributed by atoms with E-state index < -0.39 is 16.1 Å². The van der Waals surface area contributed by atoms with Crippen molar-refractivity contribution < 1.29 is 13.2 Å². The van der Waals surface area contributed by atoms with Crippen molar-refractivity contribution >= 4 is 32.4 Å². The SMILES string of the molecule is Cc1ccc(N2C[C@H](NS(=O)(=O)c3ccc4ccccc4c3)CC2=O)cc1C. The van der Waals surface area contributed by atoms with Crippen LogP contribution < -0.4 is 9.62 Å². The molecule has 0 bridgehead atoms. The Hall–Kier alpha value is -2.70. The van der Waals surface area contributed by atoms with Gasteiger partial charge in [0.15, 0.2) is 0 Å². The number of carbonyl (C=O) groups is 1. The quantitative estimate of drug-likeness (QED) is 0.736. The van der Waals surface area contributed by atoms with Crippen molar-refractivity contribution in [1.82, 2.24) is 4.72 Å². The van der Waals surface area contributed by atoms with E-state index in [1.54, 1.807) is 23.1 Å². The summed E-state index contributed by atoms with van der Waals surface area (Å²) in [5.74, 6) is -0.0746. The van der Waals surface area contributed by atoms with Crippen LogP contribution in [0.5, 0.6) is 0 Å². The van der Waals surface area contributed by atoms with E-state index in [1.165, 1.54) is 0 Å². The Morgan fingerprint density at radius 3 is 2.43 bits per heavy atom. The van der Waals surface area contributed by atoms with Gasteiger partial charge in [-0.2, -0.15) is 0 Å². The predicted octanol–water partition coefficient (Wildman–Crippen LogP) is 3.54. The van der Waals surface area contributed by atoms with E-state index in [4.69, 9.17) is 0 Å². The number of hydrogen-bond donors (Lipinski definition) is 1. The molecule has 0 radical (unpaired) electrons. The summed E-state index contributed by atoms with van der Waals surface area (Å²) in [6.07, 6.45) is 0.153. The molecule has 28 heavy (non-hydrogen) atoms. The summed E-state index contributed by atoms with van der Waals surface area (Å²) in [5, 5.41) is 1.85. The molecule has 0 aliphatic carbocycles. The van der Waals surface area contributed by atoms with Gasteiger partial charge in [0.25, 0.3) is 0 Å². The van der Waals surface area contributed by atoms with Gasteiger partial charge < -0.3 is 4.90 Å². The highest BCUT2D eigenvalue weighted by Crippen LogP contribution is 2.25. The van der Waals surface area contributed by atoms with Crippen molar-refractivity contribution in [3.05, 3.63) is 71.8 Å². The van der Waals surface area contributed by atoms with Gasteiger partial charge in [-0.25, -0.2) is 13.1 Å². The van der Waals surface area contributed by atoms with E-state index in [0.717, 1.165) is 27.6 Å². The molecule has 1 N–H and O–H groups in total. The Labute approximate surface area is 165 Å². The second-order valence-electron chi connectivity index (χ2n) is 7.30. The minimum Gasteiger partial charge on any atom is -0.311 e. The fourth-order valence-corrected chi connectivity index (χ4v) is 4.81. The number of fused-ring (bicyclic) bond motifs is 1. The molecule has 0 spiro atoms. The van der Waals surface area contributed by atoms with E-state index in [1.807, 2.05) is 56.3 Å². The summed E-state index contributed by atoms with van der Waals surface area (Å²) in [4.78, 5) is 14.3. The van der Waals surface area contributed by atoms with E-state index in [0.29, 0.717) is 6.54 Å². The largest absolute Gasteiger partial charge is 0.311 e. The van der Waals surface area contributed by atoms with Gasteiger partial charge in [0.05, 0.1) is 4.90 Å². The third-order valence-electron chi connectivity index (χ3n) is 5.28. The van der Waals surface area contributed by atoms with Crippen LogP contribution >= 0.6 is 0 Å². The highest BCUT2D eigenvalue weighted by molar-refractivity contribution is 7.89. The topological polar surface area (TPSA) is 66.5 Å². The van der Waals surface area contributed by atoms with Crippen LogP contribution in [0.4, 0.5) is 5.69 Å². The first-order chi connectivity index (χ1) is 13.3. The van der Waals surface area contributed by atoms with E-state index >= 15 is 0 Å². The maximum absolute atomic E-state index is 12.8. The molecule has 1 saturated heterocycles. The number of anilines is 1. The molecule has 0 aromatic heterocycles. The van der Waals surface area contributed by atoms with E-state index in [-0.39, 0.29) is 17.2 Å². The van der Waals surface area contributed by atoms with Crippen molar-refractivity contribution in [1.29, 1.82) is 0 Å². The number of aryl methyl sites for hydroxylation is 2. The van der Waals surface area contributed by atoms with Gasteiger partial charge in [-0.15, -0.1) is 0 Å². The first-order valence-corrected chi connectivity index (χ1v) is 10.7. The minimum atomic E-state index is -3.71. The normalized spacial score (nSPS) is 17.4. The van der Waals surface area contributed by atoms with E-state index in [9.17, 15) is 13.2 Å². The highest BCUT2D eigenvalue weighted by atomic mass is 32.2. The molecule has 0 unspecified atom stereocenters. The van der Waals surface area contributed by atoms with Gasteiger partial charge in [0, 0.05) is 24.7 Å². The number of sulfonamides is 1. The van der Waals surface area contributed by atoms with Crippen LogP contribution in [0.25, 0.3) is 10.8 Å². The number of nitrogens with zero attached hydrogens (tertiary/aromatic N) is 1. The molecule has 3 aromatic rings. The lowest BCUT2D eigenvalue weighted by molar-refractivity contribution is -0.117. The molecule has 1 fully saturated rings. The minimum absolute atomic E-state index is 0.0746. The van der Waals surface area contributed by atoms with Crippen LogP contribution in [0.1, 0.15) is 17.5 Å². The zero-order valence-electron chi connectivity index (χ0n) is 15.8. The smallest absolute Gasteiger partial charge is 0.240 e. The molecule has 1 heterocycles. The van der Waals surface area contributed by atoms with Crippen LogP contribution in [0.2, 0.25) is 0 Å². The number of hydrogen-bond acceptors (Lipinski definition) is 3. The summed E-state index contributed by atoms with van der Waals surface area (Å²) in [6.45, 7) is 4.35. The number of carbonyl (C=O) groups excluding carboxylic acids is 1. The van der Waals surface area contributed by atoms with Gasteiger partial charge in [-0.3, -0.25) is 4.79 Å². The maximum atomic E-state index is 12.8. The molecule has 3 aromatic carbocycles. The maximum Gasteiger partial charge on any atom is 0.240 e. The predicted molar refractivity (Wildman–Crippen MR) is 111 cm³/mol. The van der Waals surface area contributed by atoms with Crippen molar-refractivity contribution in [3.8, 4) is 0 Å². The molecular weight excluding hydrogens is 372 g/mol. The van der Waals surface area contributed by atoms with Crippen molar-refractivity contribution in [2.75, 3.05) is 11.4 Å². The van der Waals surface area contributed by atoms with Crippen LogP contribution in [0.3, 0.4) is 0 Å². The van der Waals surface area contributed by atoms with Crippen molar-refractivity contribution in [2.24, 2.45) is 0 Å². The summed E-state index contributed by atoms with van der Waals surface area (Å²) >= 11 is 0. The monoisotopic (exact) mass is 394 g/mol. The molecule has 1 aliphatic rings. The molecule has 1 aliphatic heterocycles. The Balaban J connectivity index is 1.54. The van der Waals surface area contributed by atoms with E-state index in [2.05, 4.69) is 4.72 Å². The van der Waals surface area contributed by atoms with Gasteiger partial charge in [0.1, 0.15) is 0 Å². The summed E-state index contributed by atoms with van der Waals surface area (Å²) in [5.41, 5.74) is 3.06. The molecule has 4 rings (SSSR count). The Morgan fingerprint density at radius 2 is 1.68 bits per heavy atom. The average molecular weight is 394 g/mol. The molecular formula is C22H22N2O3S. The average Bonchev–Trinajstić information content (AvgIpc) is 3.03. The standard InChI is InChI=1S/C22H22N2O3S/c1-15-7-9-20(11-16(15)2)24-14-19(13-22(24)25)23-28(26,27)21-10-8-17-5-3-4-6-18(17)12-21/h3-12,19,23H,13-14H2,1-2H3/t19-/m1/s1. The van der Waals surface area contributed by atoms with Gasteiger partial charge in [0.2, 0.25) is 15.9 Å². The summed E-state index contributed by atoms with van der Waals surface area (Å²) in [6, 6.07) is 18.1. The summed E-state index contributed by atoms with van der Waals surface area (Å²) < 4.78 is 28.4. The van der Waals surface area contributed by atoms with Gasteiger partial charge >= 0.3 is 0 Å². The molecule has 1 amide bonds. The highest BCUT2D eigenvalue weighted by Gasteiger charge is 2.33. The molecule has 5 nitrogen and oxygen atoms in total. The fraction of sp³-hybridized carbons (Fsp3) is 0.227. The second-order valence-corrected chi connectivity index (χ2v) is 9.02. The number of nitrogens with one attached hydrogen (secondary N) is 1. The van der Waals surface area contributed by atoms with Gasteiger partial charge in [-0.1, -0.05) is 36.4 Å². The Kier molecular flexibility index (Phi) is 4.69. The lowest BCUT2D eigenvalue weighted by atomic mass is 10.1. The van der Waals surface area contributed by atoms with Crippen molar-refractivity contribution in [2.45, 2.75) is 31.2 Å². The van der Waals surface area contributed by atoms with Crippen LogP contribution in [-0.4, -0.2) is 26.9 Å². The van der Waals surface area contributed by atoms with Gasteiger partial charge in [-0.05, 0) is 60.0 Å². The second kappa shape index (κ2) is 7.04. The molecule has 0 saturated carbocycles. The molecule has 144 valence electrons. The Bertz CT molecular complexity index is 1170. The van der Waals surface area contributed by atoms with Crippen LogP contribution in [-0.2, 0) is 14.8 Å². The zero-order valence-corrected chi connectivity index (χ0v) is 16.7. The molecule has 1 atom stereocenters. The molecule has 6 heteroatoms. The van der Waals surface area contributed by atoms with Crippen molar-refractivity contribution in [3.63, 3.8) is 0 Å². The fourth-order valence-electron chi connectivity index (χ4n) is 3.55. The summed E-state index contributed by atoms with van der Waals surface area (Å²) in [7, 11) is -3.71. The third kappa shape index (κ3) is 3.53. The number of amides is 1.